The highest BCUT2D eigenvalue weighted by atomic mass is 35.5. The Kier molecular flexibility index (Phi) is 6.24. The van der Waals surface area contributed by atoms with Crippen LogP contribution in [0.25, 0.3) is 0 Å². The van der Waals surface area contributed by atoms with Crippen molar-refractivity contribution in [2.24, 2.45) is 0 Å². The number of hydrogen-bond acceptors (Lipinski definition) is 6. The van der Waals surface area contributed by atoms with E-state index in [-0.39, 0.29) is 25.1 Å². The summed E-state index contributed by atoms with van der Waals surface area (Å²) in [5.41, 5.74) is 0.972. The van der Waals surface area contributed by atoms with Crippen LogP contribution in [0, 0.1) is 6.92 Å². The van der Waals surface area contributed by atoms with Crippen LogP contribution in [0.1, 0.15) is 23.3 Å². The minimum atomic E-state index is 0. The van der Waals surface area contributed by atoms with Crippen LogP contribution >= 0.6 is 24.0 Å². The third-order valence-corrected chi connectivity index (χ3v) is 4.21. The lowest BCUT2D eigenvalue weighted by Gasteiger charge is -2.30. The molecule has 1 N–H and O–H groups in total. The Labute approximate surface area is 146 Å². The summed E-state index contributed by atoms with van der Waals surface area (Å²) in [5.74, 6) is 1.90. The number of piperazine rings is 1. The summed E-state index contributed by atoms with van der Waals surface area (Å²) in [6.45, 7) is 4.96. The van der Waals surface area contributed by atoms with E-state index in [2.05, 4.69) is 27.4 Å². The number of halogens is 2. The first-order valence-electron chi connectivity index (χ1n) is 7.26. The molecular weight excluding hydrogens is 339 g/mol. The van der Waals surface area contributed by atoms with Crippen LogP contribution in [0.4, 0.5) is 0 Å². The molecule has 0 aliphatic carbocycles. The fourth-order valence-corrected chi connectivity index (χ4v) is 2.53. The lowest BCUT2D eigenvalue weighted by Crippen LogP contribution is -2.44. The van der Waals surface area contributed by atoms with Crippen LogP contribution in [0.2, 0.25) is 5.02 Å². The van der Waals surface area contributed by atoms with Gasteiger partial charge in [0.05, 0.1) is 6.04 Å². The van der Waals surface area contributed by atoms with E-state index in [0.29, 0.717) is 11.7 Å². The Morgan fingerprint density at radius 3 is 3.04 bits per heavy atom. The fraction of sp³-hybridized carbons (Fsp3) is 0.467. The van der Waals surface area contributed by atoms with E-state index >= 15 is 0 Å². The first kappa shape index (κ1) is 18.0. The molecule has 6 nitrogen and oxygen atoms in total. The van der Waals surface area contributed by atoms with Gasteiger partial charge in [-0.3, -0.25) is 4.90 Å². The Morgan fingerprint density at radius 1 is 1.48 bits per heavy atom. The quantitative estimate of drug-likeness (QED) is 0.906. The molecule has 0 spiro atoms. The van der Waals surface area contributed by atoms with Crippen molar-refractivity contribution in [3.8, 4) is 5.75 Å². The van der Waals surface area contributed by atoms with Crippen molar-refractivity contribution in [3.63, 3.8) is 0 Å². The van der Waals surface area contributed by atoms with E-state index in [1.54, 1.807) is 0 Å². The number of hydrogen-bond donors (Lipinski definition) is 1. The predicted molar refractivity (Wildman–Crippen MR) is 90.3 cm³/mol. The Morgan fingerprint density at radius 2 is 2.30 bits per heavy atom. The molecule has 1 aromatic carbocycles. The number of likely N-dealkylation sites (N-methyl/N-ethyl adjacent to an activating group) is 1. The molecular formula is C15H20Cl2N4O2. The summed E-state index contributed by atoms with van der Waals surface area (Å²) in [6, 6.07) is 5.67. The molecule has 0 amide bonds. The number of aromatic nitrogens is 2. The van der Waals surface area contributed by atoms with Crippen molar-refractivity contribution >= 4 is 24.0 Å². The zero-order valence-corrected chi connectivity index (χ0v) is 14.7. The second-order valence-electron chi connectivity index (χ2n) is 5.45. The monoisotopic (exact) mass is 358 g/mol. The van der Waals surface area contributed by atoms with Gasteiger partial charge in [0.25, 0.3) is 5.89 Å². The van der Waals surface area contributed by atoms with Crippen LogP contribution in [-0.2, 0) is 6.61 Å². The number of ether oxygens (including phenoxy) is 1. The third kappa shape index (κ3) is 4.35. The zero-order valence-electron chi connectivity index (χ0n) is 13.1. The third-order valence-electron chi connectivity index (χ3n) is 3.78. The predicted octanol–water partition coefficient (Wildman–Crippen LogP) is 2.61. The minimum Gasteiger partial charge on any atom is -0.484 e. The summed E-state index contributed by atoms with van der Waals surface area (Å²) < 4.78 is 10.9. The van der Waals surface area contributed by atoms with Gasteiger partial charge in [0, 0.05) is 24.7 Å². The summed E-state index contributed by atoms with van der Waals surface area (Å²) in [4.78, 5) is 6.65. The van der Waals surface area contributed by atoms with Crippen molar-refractivity contribution in [1.82, 2.24) is 20.4 Å². The van der Waals surface area contributed by atoms with Gasteiger partial charge in [0.2, 0.25) is 0 Å². The molecule has 1 fully saturated rings. The Bertz CT molecular complexity index is 650. The van der Waals surface area contributed by atoms with Crippen LogP contribution in [0.15, 0.2) is 22.7 Å². The fourth-order valence-electron chi connectivity index (χ4n) is 2.41. The van der Waals surface area contributed by atoms with Crippen molar-refractivity contribution in [2.45, 2.75) is 19.6 Å². The molecule has 23 heavy (non-hydrogen) atoms. The van der Waals surface area contributed by atoms with Crippen LogP contribution in [0.5, 0.6) is 5.75 Å². The molecule has 2 heterocycles. The number of benzene rings is 1. The maximum atomic E-state index is 5.99. The normalized spacial score (nSPS) is 18.5. The molecule has 1 atom stereocenters. The lowest BCUT2D eigenvalue weighted by atomic mass is 10.2. The topological polar surface area (TPSA) is 63.4 Å². The highest BCUT2D eigenvalue weighted by Crippen LogP contribution is 2.22. The van der Waals surface area contributed by atoms with Crippen molar-refractivity contribution in [2.75, 3.05) is 26.7 Å². The van der Waals surface area contributed by atoms with Gasteiger partial charge in [-0.05, 0) is 37.7 Å². The van der Waals surface area contributed by atoms with Crippen molar-refractivity contribution in [3.05, 3.63) is 40.5 Å². The van der Waals surface area contributed by atoms with Gasteiger partial charge >= 0.3 is 0 Å². The number of nitrogens with one attached hydrogen (secondary N) is 1. The molecule has 1 aliphatic rings. The highest BCUT2D eigenvalue weighted by Gasteiger charge is 2.25. The van der Waals surface area contributed by atoms with Crippen molar-refractivity contribution in [1.29, 1.82) is 0 Å². The SMILES string of the molecule is Cc1cc(OCc2nc(C3CNCCN3C)no2)ccc1Cl.Cl. The van der Waals surface area contributed by atoms with Crippen molar-refractivity contribution < 1.29 is 9.26 Å². The highest BCUT2D eigenvalue weighted by molar-refractivity contribution is 6.31. The standard InChI is InChI=1S/C15H19ClN4O2.ClH/c1-10-7-11(3-4-12(10)16)21-9-14-18-15(19-22-14)13-8-17-5-6-20(13)2;/h3-4,7,13,17H,5-6,8-9H2,1-2H3;1H. The van der Waals surface area contributed by atoms with E-state index in [0.717, 1.165) is 36.0 Å². The Hall–Kier alpha value is -1.34. The smallest absolute Gasteiger partial charge is 0.264 e. The van der Waals surface area contributed by atoms with E-state index in [1.807, 2.05) is 25.1 Å². The lowest BCUT2D eigenvalue weighted by molar-refractivity contribution is 0.189. The largest absolute Gasteiger partial charge is 0.484 e. The molecule has 1 unspecified atom stereocenters. The molecule has 0 bridgehead atoms. The summed E-state index contributed by atoms with van der Waals surface area (Å²) >= 11 is 5.99. The minimum absolute atomic E-state index is 0. The first-order chi connectivity index (χ1) is 10.6. The molecule has 0 saturated carbocycles. The first-order valence-corrected chi connectivity index (χ1v) is 7.63. The molecule has 1 aliphatic heterocycles. The summed E-state index contributed by atoms with van der Waals surface area (Å²) in [5, 5.41) is 8.12. The van der Waals surface area contributed by atoms with E-state index in [1.165, 1.54) is 0 Å². The van der Waals surface area contributed by atoms with E-state index < -0.39 is 0 Å². The summed E-state index contributed by atoms with van der Waals surface area (Å²) in [6.07, 6.45) is 0. The Balaban J connectivity index is 0.00000192. The average Bonchev–Trinajstić information content (AvgIpc) is 2.98. The van der Waals surface area contributed by atoms with Gasteiger partial charge in [-0.2, -0.15) is 4.98 Å². The van der Waals surface area contributed by atoms with Gasteiger partial charge < -0.3 is 14.6 Å². The van der Waals surface area contributed by atoms with E-state index in [4.69, 9.17) is 20.9 Å². The number of rotatable bonds is 4. The average molecular weight is 359 g/mol. The maximum Gasteiger partial charge on any atom is 0.264 e. The second-order valence-corrected chi connectivity index (χ2v) is 5.85. The molecule has 3 rings (SSSR count). The summed E-state index contributed by atoms with van der Waals surface area (Å²) in [7, 11) is 2.06. The molecule has 1 saturated heterocycles. The van der Waals surface area contributed by atoms with Crippen LogP contribution in [0.3, 0.4) is 0 Å². The van der Waals surface area contributed by atoms with Crippen LogP contribution < -0.4 is 10.1 Å². The van der Waals surface area contributed by atoms with Crippen LogP contribution in [-0.4, -0.2) is 41.7 Å². The molecule has 1 aromatic heterocycles. The van der Waals surface area contributed by atoms with Gasteiger partial charge in [-0.1, -0.05) is 16.8 Å². The number of nitrogens with zero attached hydrogens (tertiary/aromatic N) is 3. The maximum absolute atomic E-state index is 5.99. The van der Waals surface area contributed by atoms with Gasteiger partial charge in [0.15, 0.2) is 12.4 Å². The molecule has 0 radical (unpaired) electrons. The zero-order chi connectivity index (χ0) is 15.5. The van der Waals surface area contributed by atoms with Gasteiger partial charge in [0.1, 0.15) is 5.75 Å². The van der Waals surface area contributed by atoms with E-state index in [9.17, 15) is 0 Å². The molecule has 126 valence electrons. The molecule has 2 aromatic rings. The number of aryl methyl sites for hydroxylation is 1. The molecule has 8 heteroatoms. The van der Waals surface area contributed by atoms with Gasteiger partial charge in [-0.25, -0.2) is 0 Å². The second kappa shape index (κ2) is 7.97. The van der Waals surface area contributed by atoms with Gasteiger partial charge in [-0.15, -0.1) is 12.4 Å².